The minimum absolute atomic E-state index is 0.0412. The monoisotopic (exact) mass is 233 g/mol. The third kappa shape index (κ3) is 2.87. The van der Waals surface area contributed by atoms with E-state index >= 15 is 0 Å². The second kappa shape index (κ2) is 4.74. The average Bonchev–Trinajstić information content (AvgIpc) is 2.31. The third-order valence-electron chi connectivity index (χ3n) is 2.29. The number of benzene rings is 2. The van der Waals surface area contributed by atoms with Gasteiger partial charge >= 0.3 is 0 Å². The lowest BCUT2D eigenvalue weighted by molar-refractivity contribution is 0.304. The zero-order valence-electron chi connectivity index (χ0n) is 9.06. The van der Waals surface area contributed by atoms with Crippen molar-refractivity contribution in [1.82, 2.24) is 0 Å². The Hall–Kier alpha value is -2.23. The van der Waals surface area contributed by atoms with Crippen LogP contribution < -0.4 is 10.5 Å². The van der Waals surface area contributed by atoms with Crippen molar-refractivity contribution in [3.05, 3.63) is 53.8 Å². The first kappa shape index (κ1) is 11.3. The van der Waals surface area contributed by atoms with Crippen LogP contribution in [0.3, 0.4) is 0 Å². The van der Waals surface area contributed by atoms with Crippen LogP contribution in [0.1, 0.15) is 5.56 Å². The summed E-state index contributed by atoms with van der Waals surface area (Å²) < 4.78 is 18.3. The summed E-state index contributed by atoms with van der Waals surface area (Å²) in [6.07, 6.45) is 0. The van der Waals surface area contributed by atoms with Crippen molar-refractivity contribution in [2.45, 2.75) is 6.61 Å². The highest BCUT2D eigenvalue weighted by Gasteiger charge is 2.01. The summed E-state index contributed by atoms with van der Waals surface area (Å²) in [7, 11) is 0. The molecule has 0 aliphatic heterocycles. The second-order valence-corrected chi connectivity index (χ2v) is 3.64. The van der Waals surface area contributed by atoms with Crippen molar-refractivity contribution in [3.8, 4) is 11.5 Å². The fraction of sp³-hybridized carbons (Fsp3) is 0.0769. The van der Waals surface area contributed by atoms with Gasteiger partial charge in [-0.25, -0.2) is 4.39 Å². The van der Waals surface area contributed by atoms with Crippen LogP contribution in [0.5, 0.6) is 11.5 Å². The molecule has 0 heterocycles. The van der Waals surface area contributed by atoms with Gasteiger partial charge in [-0.15, -0.1) is 0 Å². The molecule has 3 nitrogen and oxygen atoms in total. The summed E-state index contributed by atoms with van der Waals surface area (Å²) in [4.78, 5) is 0. The van der Waals surface area contributed by atoms with Crippen LogP contribution in [0.25, 0.3) is 0 Å². The highest BCUT2D eigenvalue weighted by Crippen LogP contribution is 2.21. The van der Waals surface area contributed by atoms with Crippen LogP contribution in [0.15, 0.2) is 42.5 Å². The van der Waals surface area contributed by atoms with E-state index in [2.05, 4.69) is 0 Å². The lowest BCUT2D eigenvalue weighted by Crippen LogP contribution is -1.97. The van der Waals surface area contributed by atoms with Gasteiger partial charge in [0.2, 0.25) is 0 Å². The van der Waals surface area contributed by atoms with Crippen molar-refractivity contribution in [1.29, 1.82) is 0 Å². The molecule has 0 amide bonds. The molecule has 4 heteroatoms. The fourth-order valence-electron chi connectivity index (χ4n) is 1.42. The number of anilines is 1. The Kier molecular flexibility index (Phi) is 3.14. The number of nitrogen functional groups attached to an aromatic ring is 1. The van der Waals surface area contributed by atoms with E-state index in [9.17, 15) is 9.50 Å². The van der Waals surface area contributed by atoms with Gasteiger partial charge in [0.25, 0.3) is 0 Å². The molecule has 2 rings (SSSR count). The Morgan fingerprint density at radius 3 is 2.71 bits per heavy atom. The number of nitrogens with two attached hydrogens (primary N) is 1. The van der Waals surface area contributed by atoms with Crippen LogP contribution in [-0.2, 0) is 6.61 Å². The molecule has 2 aromatic rings. The summed E-state index contributed by atoms with van der Waals surface area (Å²) in [5.41, 5.74) is 6.65. The number of hydrogen-bond donors (Lipinski definition) is 2. The summed E-state index contributed by atoms with van der Waals surface area (Å²) in [6.45, 7) is 0.272. The van der Waals surface area contributed by atoms with Crippen molar-refractivity contribution in [3.63, 3.8) is 0 Å². The Morgan fingerprint density at radius 2 is 2.00 bits per heavy atom. The average molecular weight is 233 g/mol. The molecular formula is C13H12FNO2. The normalized spacial score (nSPS) is 10.2. The van der Waals surface area contributed by atoms with E-state index in [1.165, 1.54) is 18.2 Å². The highest BCUT2D eigenvalue weighted by molar-refractivity contribution is 5.53. The largest absolute Gasteiger partial charge is 0.506 e. The molecule has 0 aliphatic carbocycles. The maximum atomic E-state index is 12.9. The first-order chi connectivity index (χ1) is 8.15. The molecule has 0 aromatic heterocycles. The minimum Gasteiger partial charge on any atom is -0.506 e. The minimum atomic E-state index is -0.340. The van der Waals surface area contributed by atoms with Gasteiger partial charge < -0.3 is 15.6 Å². The zero-order valence-corrected chi connectivity index (χ0v) is 9.06. The van der Waals surface area contributed by atoms with Gasteiger partial charge in [-0.1, -0.05) is 12.1 Å². The van der Waals surface area contributed by atoms with Crippen molar-refractivity contribution >= 4 is 5.69 Å². The van der Waals surface area contributed by atoms with Crippen molar-refractivity contribution in [2.75, 3.05) is 5.73 Å². The molecule has 0 aliphatic rings. The quantitative estimate of drug-likeness (QED) is 0.633. The summed E-state index contributed by atoms with van der Waals surface area (Å²) in [5.74, 6) is 0.156. The van der Waals surface area contributed by atoms with E-state index in [1.807, 2.05) is 0 Å². The Labute approximate surface area is 98.3 Å². The number of phenols is 1. The molecule has 0 spiro atoms. The van der Waals surface area contributed by atoms with E-state index in [0.29, 0.717) is 11.4 Å². The first-order valence-corrected chi connectivity index (χ1v) is 5.11. The number of halogens is 1. The molecule has 88 valence electrons. The topological polar surface area (TPSA) is 55.5 Å². The van der Waals surface area contributed by atoms with E-state index in [4.69, 9.17) is 10.5 Å². The highest BCUT2D eigenvalue weighted by atomic mass is 19.1. The maximum absolute atomic E-state index is 12.9. The second-order valence-electron chi connectivity index (χ2n) is 3.64. The Bertz CT molecular complexity index is 529. The number of phenolic OH excluding ortho intramolecular Hbond substituents is 1. The Morgan fingerprint density at radius 1 is 1.18 bits per heavy atom. The molecule has 2 aromatic carbocycles. The predicted octanol–water partition coefficient (Wildman–Crippen LogP) is 2.69. The smallest absolute Gasteiger partial charge is 0.138 e. The first-order valence-electron chi connectivity index (χ1n) is 5.11. The molecule has 17 heavy (non-hydrogen) atoms. The summed E-state index contributed by atoms with van der Waals surface area (Å²) >= 11 is 0. The third-order valence-corrected chi connectivity index (χ3v) is 2.29. The van der Waals surface area contributed by atoms with Gasteiger partial charge in [-0.2, -0.15) is 0 Å². The molecule has 0 saturated carbocycles. The van der Waals surface area contributed by atoms with Gasteiger partial charge in [0.15, 0.2) is 0 Å². The number of aromatic hydroxyl groups is 1. The van der Waals surface area contributed by atoms with E-state index in [0.717, 1.165) is 5.56 Å². The number of rotatable bonds is 3. The number of hydrogen-bond acceptors (Lipinski definition) is 3. The SMILES string of the molecule is Nc1cc(COc2cccc(F)c2)ccc1O. The van der Waals surface area contributed by atoms with Gasteiger partial charge in [-0.3, -0.25) is 0 Å². The van der Waals surface area contributed by atoms with Crippen LogP contribution in [0.2, 0.25) is 0 Å². The van der Waals surface area contributed by atoms with Gasteiger partial charge in [-0.05, 0) is 29.8 Å². The maximum Gasteiger partial charge on any atom is 0.138 e. The van der Waals surface area contributed by atoms with Gasteiger partial charge in [0.05, 0.1) is 5.69 Å². The van der Waals surface area contributed by atoms with Crippen LogP contribution in [0.4, 0.5) is 10.1 Å². The number of ether oxygens (including phenoxy) is 1. The van der Waals surface area contributed by atoms with Crippen LogP contribution in [0, 0.1) is 5.82 Å². The molecule has 0 bridgehead atoms. The lowest BCUT2D eigenvalue weighted by atomic mass is 10.2. The molecule has 0 fully saturated rings. The van der Waals surface area contributed by atoms with E-state index < -0.39 is 0 Å². The molecule has 0 atom stereocenters. The molecule has 0 saturated heterocycles. The summed E-state index contributed by atoms with van der Waals surface area (Å²) in [6, 6.07) is 10.7. The lowest BCUT2D eigenvalue weighted by Gasteiger charge is -2.07. The zero-order chi connectivity index (χ0) is 12.3. The molecular weight excluding hydrogens is 221 g/mol. The van der Waals surface area contributed by atoms with Crippen LogP contribution in [-0.4, -0.2) is 5.11 Å². The van der Waals surface area contributed by atoms with Gasteiger partial charge in [0.1, 0.15) is 23.9 Å². The molecule has 0 unspecified atom stereocenters. The summed E-state index contributed by atoms with van der Waals surface area (Å²) in [5, 5.41) is 9.25. The van der Waals surface area contributed by atoms with Gasteiger partial charge in [0, 0.05) is 6.07 Å². The molecule has 0 radical (unpaired) electrons. The fourth-order valence-corrected chi connectivity index (χ4v) is 1.42. The standard InChI is InChI=1S/C13H12FNO2/c14-10-2-1-3-11(7-10)17-8-9-4-5-13(16)12(15)6-9/h1-7,16H,8,15H2. The van der Waals surface area contributed by atoms with Crippen molar-refractivity contribution < 1.29 is 14.2 Å². The van der Waals surface area contributed by atoms with E-state index in [1.54, 1.807) is 24.3 Å². The molecule has 3 N–H and O–H groups in total. The van der Waals surface area contributed by atoms with E-state index in [-0.39, 0.29) is 18.2 Å². The Balaban J connectivity index is 2.05. The van der Waals surface area contributed by atoms with Crippen molar-refractivity contribution in [2.24, 2.45) is 0 Å². The van der Waals surface area contributed by atoms with Crippen LogP contribution >= 0.6 is 0 Å². The predicted molar refractivity (Wildman–Crippen MR) is 63.3 cm³/mol.